The molecule has 3 aromatic rings. The Bertz CT molecular complexity index is 1050. The van der Waals surface area contributed by atoms with Crippen LogP contribution >= 0.6 is 36.2 Å². The number of hydrogen-bond acceptors (Lipinski definition) is 5. The highest BCUT2D eigenvalue weighted by Crippen LogP contribution is 2.40. The molecule has 2 aliphatic heterocycles. The second-order valence-electron chi connectivity index (χ2n) is 8.77. The lowest BCUT2D eigenvalue weighted by molar-refractivity contribution is -0.0651. The molecule has 0 radical (unpaired) electrons. The van der Waals surface area contributed by atoms with Crippen LogP contribution < -0.4 is 5.73 Å². The molecule has 1 fully saturated rings. The summed E-state index contributed by atoms with van der Waals surface area (Å²) >= 11 is 1.84. The number of phenols is 1. The van der Waals surface area contributed by atoms with E-state index in [1.165, 1.54) is 15.6 Å². The van der Waals surface area contributed by atoms with Crippen molar-refractivity contribution in [3.63, 3.8) is 0 Å². The van der Waals surface area contributed by atoms with Gasteiger partial charge < -0.3 is 15.6 Å². The van der Waals surface area contributed by atoms with Gasteiger partial charge in [-0.05, 0) is 72.3 Å². The first-order valence-electron chi connectivity index (χ1n) is 11.0. The molecule has 2 aromatic carbocycles. The predicted molar refractivity (Wildman–Crippen MR) is 138 cm³/mol. The summed E-state index contributed by atoms with van der Waals surface area (Å²) in [5.41, 5.74) is 10.5. The molecular weight excluding hydrogens is 463 g/mol. The van der Waals surface area contributed by atoms with Gasteiger partial charge in [0.2, 0.25) is 0 Å². The van der Waals surface area contributed by atoms with Crippen LogP contribution in [0.4, 0.5) is 0 Å². The Morgan fingerprint density at radius 1 is 1.12 bits per heavy atom. The van der Waals surface area contributed by atoms with Gasteiger partial charge in [-0.15, -0.1) is 36.2 Å². The van der Waals surface area contributed by atoms with Crippen molar-refractivity contribution < 1.29 is 9.84 Å². The first-order valence-corrected chi connectivity index (χ1v) is 11.9. The first kappa shape index (κ1) is 25.3. The third kappa shape index (κ3) is 4.79. The normalized spacial score (nSPS) is 21.6. The van der Waals surface area contributed by atoms with E-state index < -0.39 is 0 Å². The minimum absolute atomic E-state index is 0. The summed E-state index contributed by atoms with van der Waals surface area (Å²) in [4.78, 5) is 2.57. The number of aryl methyl sites for hydroxylation is 1. The SMILES string of the molecule is Cc1ccc2c(c1O)C[C@@H](C1CCN(Cc3csc4ccccc34)CC1)O[C@H]2CN.Cl.Cl. The Labute approximate surface area is 206 Å². The largest absolute Gasteiger partial charge is 0.507 e. The molecule has 0 unspecified atom stereocenters. The average molecular weight is 496 g/mol. The summed E-state index contributed by atoms with van der Waals surface area (Å²) in [5, 5.41) is 14.4. The van der Waals surface area contributed by atoms with Crippen LogP contribution in [0, 0.1) is 12.8 Å². The maximum atomic E-state index is 10.6. The third-order valence-corrected chi connectivity index (χ3v) is 7.95. The number of hydrogen-bond donors (Lipinski definition) is 2. The molecule has 3 heterocycles. The van der Waals surface area contributed by atoms with Crippen molar-refractivity contribution in [2.45, 2.75) is 44.9 Å². The first-order chi connectivity index (χ1) is 14.6. The minimum atomic E-state index is -0.111. The summed E-state index contributed by atoms with van der Waals surface area (Å²) in [7, 11) is 0. The molecule has 174 valence electrons. The maximum absolute atomic E-state index is 10.6. The average Bonchev–Trinajstić information content (AvgIpc) is 3.19. The molecule has 32 heavy (non-hydrogen) atoms. The van der Waals surface area contributed by atoms with Gasteiger partial charge in [0, 0.05) is 29.8 Å². The van der Waals surface area contributed by atoms with E-state index in [0.717, 1.165) is 55.6 Å². The van der Waals surface area contributed by atoms with Gasteiger partial charge in [0.05, 0.1) is 12.2 Å². The molecule has 1 aromatic heterocycles. The van der Waals surface area contributed by atoms with Crippen LogP contribution in [0.5, 0.6) is 5.75 Å². The van der Waals surface area contributed by atoms with Crippen molar-refractivity contribution in [1.82, 2.24) is 4.90 Å². The number of nitrogens with two attached hydrogens (primary N) is 1. The van der Waals surface area contributed by atoms with Gasteiger partial charge in [-0.2, -0.15) is 0 Å². The van der Waals surface area contributed by atoms with Crippen molar-refractivity contribution in [2.75, 3.05) is 19.6 Å². The standard InChI is InChI=1S/C25H30N2O2S.2ClH/c1-16-6-7-20-21(25(16)28)12-22(29-23(20)13-26)17-8-10-27(11-9-17)14-18-15-30-24-5-3-2-4-19(18)24;;/h2-7,15,17,22-23,28H,8-14,26H2,1H3;2*1H/t22-,23-;;/m0../s1. The van der Waals surface area contributed by atoms with Gasteiger partial charge in [-0.25, -0.2) is 0 Å². The lowest BCUT2D eigenvalue weighted by Gasteiger charge is -2.40. The van der Waals surface area contributed by atoms with Crippen LogP contribution in [0.25, 0.3) is 10.1 Å². The second-order valence-corrected chi connectivity index (χ2v) is 9.68. The number of rotatable bonds is 4. The minimum Gasteiger partial charge on any atom is -0.507 e. The summed E-state index contributed by atoms with van der Waals surface area (Å²) in [6.07, 6.45) is 3.08. The maximum Gasteiger partial charge on any atom is 0.122 e. The molecule has 2 aliphatic rings. The Morgan fingerprint density at radius 2 is 1.88 bits per heavy atom. The number of aromatic hydroxyl groups is 1. The highest BCUT2D eigenvalue weighted by atomic mass is 35.5. The molecule has 0 saturated carbocycles. The van der Waals surface area contributed by atoms with E-state index in [2.05, 4.69) is 40.6 Å². The Hall–Kier alpha value is -1.34. The fourth-order valence-corrected chi connectivity index (χ4v) is 6.11. The molecule has 5 rings (SSSR count). The monoisotopic (exact) mass is 494 g/mol. The second kappa shape index (κ2) is 10.7. The zero-order valence-corrected chi connectivity index (χ0v) is 20.8. The summed E-state index contributed by atoms with van der Waals surface area (Å²) < 4.78 is 7.82. The van der Waals surface area contributed by atoms with Crippen LogP contribution in [0.15, 0.2) is 41.8 Å². The fraction of sp³-hybridized carbons (Fsp3) is 0.440. The van der Waals surface area contributed by atoms with Crippen LogP contribution in [0.1, 0.15) is 41.2 Å². The van der Waals surface area contributed by atoms with Crippen molar-refractivity contribution in [3.05, 3.63) is 64.0 Å². The van der Waals surface area contributed by atoms with Gasteiger partial charge in [0.1, 0.15) is 5.75 Å². The van der Waals surface area contributed by atoms with E-state index >= 15 is 0 Å². The highest BCUT2D eigenvalue weighted by molar-refractivity contribution is 7.17. The van der Waals surface area contributed by atoms with Crippen molar-refractivity contribution in [2.24, 2.45) is 11.7 Å². The van der Waals surface area contributed by atoms with E-state index in [1.54, 1.807) is 0 Å². The molecule has 1 saturated heterocycles. The van der Waals surface area contributed by atoms with Crippen LogP contribution in [0.2, 0.25) is 0 Å². The van der Waals surface area contributed by atoms with E-state index in [0.29, 0.717) is 18.2 Å². The number of thiophene rings is 1. The van der Waals surface area contributed by atoms with Crippen molar-refractivity contribution in [1.29, 1.82) is 0 Å². The molecular formula is C25H32Cl2N2O2S. The number of ether oxygens (including phenoxy) is 1. The van der Waals surface area contributed by atoms with E-state index in [4.69, 9.17) is 10.5 Å². The van der Waals surface area contributed by atoms with Gasteiger partial charge in [-0.1, -0.05) is 30.3 Å². The number of nitrogens with zero attached hydrogens (tertiary/aromatic N) is 1. The van der Waals surface area contributed by atoms with Gasteiger partial charge in [-0.3, -0.25) is 4.90 Å². The quantitative estimate of drug-likeness (QED) is 0.494. The summed E-state index contributed by atoms with van der Waals surface area (Å²) in [6, 6.07) is 12.7. The summed E-state index contributed by atoms with van der Waals surface area (Å²) in [6.45, 7) is 5.63. The number of fused-ring (bicyclic) bond motifs is 2. The van der Waals surface area contributed by atoms with Crippen molar-refractivity contribution >= 4 is 46.2 Å². The van der Waals surface area contributed by atoms with E-state index in [-0.39, 0.29) is 37.0 Å². The topological polar surface area (TPSA) is 58.7 Å². The molecule has 0 aliphatic carbocycles. The molecule has 3 N–H and O–H groups in total. The molecule has 2 atom stereocenters. The zero-order valence-electron chi connectivity index (χ0n) is 18.3. The van der Waals surface area contributed by atoms with Gasteiger partial charge >= 0.3 is 0 Å². The number of halogens is 2. The van der Waals surface area contributed by atoms with Gasteiger partial charge in [0.15, 0.2) is 0 Å². The molecule has 0 spiro atoms. The smallest absolute Gasteiger partial charge is 0.122 e. The van der Waals surface area contributed by atoms with Gasteiger partial charge in [0.25, 0.3) is 0 Å². The van der Waals surface area contributed by atoms with Crippen LogP contribution in [-0.2, 0) is 17.7 Å². The van der Waals surface area contributed by atoms with Crippen LogP contribution in [0.3, 0.4) is 0 Å². The highest BCUT2D eigenvalue weighted by Gasteiger charge is 2.35. The number of phenolic OH excluding ortho intramolecular Hbond substituents is 1. The molecule has 0 bridgehead atoms. The fourth-order valence-electron chi connectivity index (χ4n) is 5.16. The summed E-state index contributed by atoms with van der Waals surface area (Å²) in [5.74, 6) is 0.948. The lowest BCUT2D eigenvalue weighted by atomic mass is 9.83. The Morgan fingerprint density at radius 3 is 2.62 bits per heavy atom. The van der Waals surface area contributed by atoms with E-state index in [9.17, 15) is 5.11 Å². The molecule has 4 nitrogen and oxygen atoms in total. The van der Waals surface area contributed by atoms with Crippen molar-refractivity contribution in [3.8, 4) is 5.75 Å². The number of benzene rings is 2. The Balaban J connectivity index is 0.00000144. The zero-order chi connectivity index (χ0) is 20.7. The number of piperidine rings is 1. The van der Waals surface area contributed by atoms with E-state index in [1.807, 2.05) is 24.3 Å². The number of likely N-dealkylation sites (tertiary alicyclic amines) is 1. The molecule has 0 amide bonds. The predicted octanol–water partition coefficient (Wildman–Crippen LogP) is 5.61. The third-order valence-electron chi connectivity index (χ3n) is 6.94. The van der Waals surface area contributed by atoms with Crippen LogP contribution in [-0.4, -0.2) is 35.7 Å². The molecule has 7 heteroatoms. The lowest BCUT2D eigenvalue weighted by Crippen LogP contribution is -2.41. The Kier molecular flexibility index (Phi) is 8.48.